The summed E-state index contributed by atoms with van der Waals surface area (Å²) in [6.07, 6.45) is 3.92. The van der Waals surface area contributed by atoms with Crippen molar-refractivity contribution in [1.82, 2.24) is 14.8 Å². The van der Waals surface area contributed by atoms with Gasteiger partial charge in [0.1, 0.15) is 24.5 Å². The summed E-state index contributed by atoms with van der Waals surface area (Å²) in [6, 6.07) is 4.14. The number of anilines is 2. The molecule has 3 rings (SSSR count). The van der Waals surface area contributed by atoms with Crippen molar-refractivity contribution in [2.75, 3.05) is 29.4 Å². The maximum atomic E-state index is 13.7. The van der Waals surface area contributed by atoms with Gasteiger partial charge in [-0.25, -0.2) is 14.1 Å². The lowest BCUT2D eigenvalue weighted by molar-refractivity contribution is -0.121. The van der Waals surface area contributed by atoms with Crippen LogP contribution >= 0.6 is 0 Å². The average Bonchev–Trinajstić information content (AvgIpc) is 3.08. The van der Waals surface area contributed by atoms with Crippen LogP contribution in [0, 0.1) is 5.82 Å². The van der Waals surface area contributed by atoms with Crippen LogP contribution in [0.2, 0.25) is 0 Å². The molecule has 7 heteroatoms. The van der Waals surface area contributed by atoms with E-state index < -0.39 is 6.04 Å². The minimum Gasteiger partial charge on any atom is -0.368 e. The van der Waals surface area contributed by atoms with Crippen LogP contribution in [-0.2, 0) is 4.79 Å². The number of benzene rings is 1. The normalized spacial score (nSPS) is 15.4. The molecule has 0 saturated carbocycles. The molecular weight excluding hydrogens is 297 g/mol. The van der Waals surface area contributed by atoms with Crippen LogP contribution in [0.25, 0.3) is 0 Å². The van der Waals surface area contributed by atoms with Crippen LogP contribution in [-0.4, -0.2) is 40.3 Å². The van der Waals surface area contributed by atoms with E-state index in [1.54, 1.807) is 17.9 Å². The van der Waals surface area contributed by atoms with Crippen LogP contribution in [0.3, 0.4) is 0 Å². The summed E-state index contributed by atoms with van der Waals surface area (Å²) in [7, 11) is 0. The predicted molar refractivity (Wildman–Crippen MR) is 86.0 cm³/mol. The largest absolute Gasteiger partial charge is 0.368 e. The molecule has 2 heterocycles. The van der Waals surface area contributed by atoms with Crippen LogP contribution < -0.4 is 9.80 Å². The van der Waals surface area contributed by atoms with E-state index in [0.29, 0.717) is 12.2 Å². The molecule has 0 fully saturated rings. The number of aromatic nitrogens is 3. The third-order valence-corrected chi connectivity index (χ3v) is 4.11. The minimum atomic E-state index is -0.480. The van der Waals surface area contributed by atoms with E-state index in [2.05, 4.69) is 21.9 Å². The summed E-state index contributed by atoms with van der Waals surface area (Å²) in [6.45, 7) is 6.04. The van der Waals surface area contributed by atoms with Gasteiger partial charge in [-0.1, -0.05) is 6.92 Å². The van der Waals surface area contributed by atoms with Gasteiger partial charge in [-0.15, -0.1) is 0 Å². The molecule has 0 bridgehead atoms. The summed E-state index contributed by atoms with van der Waals surface area (Å²) < 4.78 is 15.2. The van der Waals surface area contributed by atoms with E-state index in [9.17, 15) is 9.18 Å². The Balaban J connectivity index is 1.93. The molecular formula is C16H20FN5O. The highest BCUT2D eigenvalue weighted by Crippen LogP contribution is 2.35. The second-order valence-corrected chi connectivity index (χ2v) is 5.66. The van der Waals surface area contributed by atoms with Crippen molar-refractivity contribution in [3.8, 4) is 0 Å². The van der Waals surface area contributed by atoms with Crippen molar-refractivity contribution >= 4 is 17.3 Å². The number of hydrogen-bond acceptors (Lipinski definition) is 4. The maximum Gasteiger partial charge on any atom is 0.251 e. The molecule has 0 aliphatic carbocycles. The number of carbonyl (C=O) groups excluding carboxylic acids is 1. The van der Waals surface area contributed by atoms with Crippen molar-refractivity contribution in [3.63, 3.8) is 0 Å². The minimum absolute atomic E-state index is 0.113. The molecule has 0 spiro atoms. The zero-order valence-corrected chi connectivity index (χ0v) is 13.3. The Morgan fingerprint density at radius 3 is 2.87 bits per heavy atom. The molecule has 23 heavy (non-hydrogen) atoms. The molecule has 0 radical (unpaired) electrons. The fraction of sp³-hybridized carbons (Fsp3) is 0.438. The molecule has 0 N–H and O–H groups in total. The van der Waals surface area contributed by atoms with Gasteiger partial charge in [0.2, 0.25) is 0 Å². The van der Waals surface area contributed by atoms with E-state index in [0.717, 1.165) is 25.2 Å². The van der Waals surface area contributed by atoms with E-state index >= 15 is 0 Å². The van der Waals surface area contributed by atoms with Gasteiger partial charge in [0.15, 0.2) is 0 Å². The van der Waals surface area contributed by atoms with Gasteiger partial charge in [0, 0.05) is 19.6 Å². The lowest BCUT2D eigenvalue weighted by Gasteiger charge is -2.38. The van der Waals surface area contributed by atoms with Crippen molar-refractivity contribution in [3.05, 3.63) is 36.7 Å². The standard InChI is InChI=1S/C16H20FN5O/c1-3-6-20-7-8-21(15-9-13(17)4-5-14(15)20)16(23)12(2)22-11-18-10-19-22/h4-5,9-12H,3,6-8H2,1-2H3. The highest BCUT2D eigenvalue weighted by molar-refractivity contribution is 5.99. The Hall–Kier alpha value is -2.44. The summed E-state index contributed by atoms with van der Waals surface area (Å²) in [5.41, 5.74) is 1.53. The zero-order valence-electron chi connectivity index (χ0n) is 13.3. The van der Waals surface area contributed by atoms with Gasteiger partial charge in [-0.2, -0.15) is 5.10 Å². The average molecular weight is 317 g/mol. The van der Waals surface area contributed by atoms with E-state index in [1.165, 1.54) is 29.5 Å². The third-order valence-electron chi connectivity index (χ3n) is 4.11. The summed E-state index contributed by atoms with van der Waals surface area (Å²) in [5, 5.41) is 4.02. The SMILES string of the molecule is CCCN1CCN(C(=O)C(C)n2cncn2)c2cc(F)ccc21. The number of carbonyl (C=O) groups is 1. The van der Waals surface area contributed by atoms with Crippen LogP contribution in [0.1, 0.15) is 26.3 Å². The topological polar surface area (TPSA) is 54.3 Å². The molecule has 1 aliphatic rings. The second-order valence-electron chi connectivity index (χ2n) is 5.66. The molecule has 2 aromatic rings. The fourth-order valence-corrected chi connectivity index (χ4v) is 2.93. The number of rotatable bonds is 4. The summed E-state index contributed by atoms with van der Waals surface area (Å²) >= 11 is 0. The number of hydrogen-bond donors (Lipinski definition) is 0. The van der Waals surface area contributed by atoms with E-state index in [1.807, 2.05) is 0 Å². The molecule has 1 aromatic heterocycles. The monoisotopic (exact) mass is 317 g/mol. The van der Waals surface area contributed by atoms with Crippen LogP contribution in [0.15, 0.2) is 30.9 Å². The zero-order chi connectivity index (χ0) is 16.4. The first-order chi connectivity index (χ1) is 11.1. The van der Waals surface area contributed by atoms with Crippen molar-refractivity contribution in [2.45, 2.75) is 26.3 Å². The Bertz CT molecular complexity index is 688. The van der Waals surface area contributed by atoms with Crippen LogP contribution in [0.4, 0.5) is 15.8 Å². The Morgan fingerprint density at radius 2 is 2.17 bits per heavy atom. The lowest BCUT2D eigenvalue weighted by Crippen LogP contribution is -2.46. The Labute approximate surface area is 134 Å². The second kappa shape index (κ2) is 6.36. The first kappa shape index (κ1) is 15.5. The van der Waals surface area contributed by atoms with Gasteiger partial charge < -0.3 is 9.80 Å². The summed E-state index contributed by atoms with van der Waals surface area (Å²) in [5.74, 6) is -0.452. The quantitative estimate of drug-likeness (QED) is 0.868. The fourth-order valence-electron chi connectivity index (χ4n) is 2.93. The Kier molecular flexibility index (Phi) is 4.27. The van der Waals surface area contributed by atoms with Gasteiger partial charge in [0.05, 0.1) is 11.4 Å². The highest BCUT2D eigenvalue weighted by atomic mass is 19.1. The van der Waals surface area contributed by atoms with Gasteiger partial charge in [-0.3, -0.25) is 4.79 Å². The first-order valence-electron chi connectivity index (χ1n) is 7.81. The maximum absolute atomic E-state index is 13.7. The van der Waals surface area contributed by atoms with Crippen molar-refractivity contribution in [1.29, 1.82) is 0 Å². The number of amides is 1. The van der Waals surface area contributed by atoms with Crippen molar-refractivity contribution in [2.24, 2.45) is 0 Å². The molecule has 1 aromatic carbocycles. The molecule has 122 valence electrons. The van der Waals surface area contributed by atoms with E-state index in [4.69, 9.17) is 0 Å². The number of fused-ring (bicyclic) bond motifs is 1. The van der Waals surface area contributed by atoms with Gasteiger partial charge in [0.25, 0.3) is 5.91 Å². The molecule has 1 amide bonds. The molecule has 0 saturated heterocycles. The first-order valence-corrected chi connectivity index (χ1v) is 7.81. The van der Waals surface area contributed by atoms with Crippen LogP contribution in [0.5, 0.6) is 0 Å². The smallest absolute Gasteiger partial charge is 0.251 e. The number of halogens is 1. The molecule has 6 nitrogen and oxygen atoms in total. The number of nitrogens with zero attached hydrogens (tertiary/aromatic N) is 5. The predicted octanol–water partition coefficient (Wildman–Crippen LogP) is 2.24. The molecule has 1 aliphatic heterocycles. The van der Waals surface area contributed by atoms with Gasteiger partial charge in [-0.05, 0) is 31.5 Å². The Morgan fingerprint density at radius 1 is 1.35 bits per heavy atom. The van der Waals surface area contributed by atoms with E-state index in [-0.39, 0.29) is 11.7 Å². The molecule has 1 atom stereocenters. The van der Waals surface area contributed by atoms with Crippen molar-refractivity contribution < 1.29 is 9.18 Å². The lowest BCUT2D eigenvalue weighted by atomic mass is 10.1. The summed E-state index contributed by atoms with van der Waals surface area (Å²) in [4.78, 5) is 20.6. The van der Waals surface area contributed by atoms with Gasteiger partial charge >= 0.3 is 0 Å². The third kappa shape index (κ3) is 2.91. The highest BCUT2D eigenvalue weighted by Gasteiger charge is 2.30. The molecule has 1 unspecified atom stereocenters.